The average Bonchev–Trinajstić information content (AvgIpc) is 2.52. The first-order chi connectivity index (χ1) is 5.60. The molecule has 0 aromatic carbocycles. The SMILES string of the molecule is CCC(C)(C)c1noc(CN)n1. The van der Waals surface area contributed by atoms with Crippen LogP contribution in [0.4, 0.5) is 0 Å². The normalized spacial score (nSPS) is 12.0. The zero-order valence-corrected chi connectivity index (χ0v) is 7.79. The van der Waals surface area contributed by atoms with Crippen molar-refractivity contribution < 1.29 is 4.52 Å². The van der Waals surface area contributed by atoms with Crippen LogP contribution in [0.15, 0.2) is 4.52 Å². The van der Waals surface area contributed by atoms with Gasteiger partial charge in [0, 0.05) is 5.41 Å². The second-order valence-electron chi connectivity index (χ2n) is 3.45. The smallest absolute Gasteiger partial charge is 0.240 e. The Morgan fingerprint density at radius 3 is 2.58 bits per heavy atom. The van der Waals surface area contributed by atoms with Crippen molar-refractivity contribution in [2.24, 2.45) is 5.73 Å². The largest absolute Gasteiger partial charge is 0.338 e. The van der Waals surface area contributed by atoms with E-state index >= 15 is 0 Å². The molecule has 4 heteroatoms. The molecule has 2 N–H and O–H groups in total. The summed E-state index contributed by atoms with van der Waals surface area (Å²) < 4.78 is 4.92. The Bertz CT molecular complexity index is 255. The predicted molar refractivity (Wildman–Crippen MR) is 45.5 cm³/mol. The van der Waals surface area contributed by atoms with E-state index < -0.39 is 0 Å². The predicted octanol–water partition coefficient (Wildman–Crippen LogP) is 1.22. The molecular weight excluding hydrogens is 154 g/mol. The molecule has 12 heavy (non-hydrogen) atoms. The molecule has 0 fully saturated rings. The fraction of sp³-hybridized carbons (Fsp3) is 0.750. The molecule has 1 rings (SSSR count). The van der Waals surface area contributed by atoms with Gasteiger partial charge in [-0.05, 0) is 6.42 Å². The highest BCUT2D eigenvalue weighted by Gasteiger charge is 2.24. The van der Waals surface area contributed by atoms with Gasteiger partial charge in [0.1, 0.15) is 0 Å². The third-order valence-electron chi connectivity index (χ3n) is 2.13. The number of hydrogen-bond donors (Lipinski definition) is 1. The lowest BCUT2D eigenvalue weighted by molar-refractivity contribution is 0.357. The molecule has 1 aromatic heterocycles. The van der Waals surface area contributed by atoms with Gasteiger partial charge >= 0.3 is 0 Å². The van der Waals surface area contributed by atoms with Gasteiger partial charge < -0.3 is 10.3 Å². The van der Waals surface area contributed by atoms with Crippen molar-refractivity contribution in [2.45, 2.75) is 39.2 Å². The van der Waals surface area contributed by atoms with Crippen molar-refractivity contribution in [3.63, 3.8) is 0 Å². The summed E-state index contributed by atoms with van der Waals surface area (Å²) in [5, 5.41) is 3.86. The fourth-order valence-electron chi connectivity index (χ4n) is 0.771. The topological polar surface area (TPSA) is 64.9 Å². The zero-order chi connectivity index (χ0) is 9.19. The number of nitrogens with two attached hydrogens (primary N) is 1. The molecule has 0 aliphatic rings. The van der Waals surface area contributed by atoms with E-state index in [-0.39, 0.29) is 5.41 Å². The Balaban J connectivity index is 2.88. The van der Waals surface area contributed by atoms with Crippen LogP contribution in [0.5, 0.6) is 0 Å². The Morgan fingerprint density at radius 2 is 2.17 bits per heavy atom. The number of nitrogens with zero attached hydrogens (tertiary/aromatic N) is 2. The monoisotopic (exact) mass is 169 g/mol. The number of aromatic nitrogens is 2. The molecule has 0 spiro atoms. The Hall–Kier alpha value is -0.900. The van der Waals surface area contributed by atoms with Gasteiger partial charge in [-0.25, -0.2) is 0 Å². The van der Waals surface area contributed by atoms with E-state index in [0.717, 1.165) is 12.2 Å². The van der Waals surface area contributed by atoms with Crippen molar-refractivity contribution in [1.82, 2.24) is 10.1 Å². The van der Waals surface area contributed by atoms with E-state index in [1.165, 1.54) is 0 Å². The standard InChI is InChI=1S/C8H15N3O/c1-4-8(2,3)7-10-6(5-9)12-11-7/h4-5,9H2,1-3H3. The van der Waals surface area contributed by atoms with E-state index in [1.807, 2.05) is 0 Å². The van der Waals surface area contributed by atoms with Crippen LogP contribution in [0.2, 0.25) is 0 Å². The molecule has 68 valence electrons. The van der Waals surface area contributed by atoms with Crippen LogP contribution in [0.1, 0.15) is 38.9 Å². The number of rotatable bonds is 3. The lowest BCUT2D eigenvalue weighted by Gasteiger charge is -2.16. The summed E-state index contributed by atoms with van der Waals surface area (Å²) in [6.45, 7) is 6.57. The highest BCUT2D eigenvalue weighted by Crippen LogP contribution is 2.23. The van der Waals surface area contributed by atoms with Gasteiger partial charge in [-0.1, -0.05) is 25.9 Å². The van der Waals surface area contributed by atoms with Crippen LogP contribution in [0.3, 0.4) is 0 Å². The minimum atomic E-state index is -0.0169. The molecule has 0 radical (unpaired) electrons. The molecule has 0 amide bonds. The molecule has 0 unspecified atom stereocenters. The summed E-state index contributed by atoms with van der Waals surface area (Å²) >= 11 is 0. The first kappa shape index (κ1) is 9.19. The highest BCUT2D eigenvalue weighted by atomic mass is 16.5. The van der Waals surface area contributed by atoms with Gasteiger partial charge in [0.15, 0.2) is 5.82 Å². The van der Waals surface area contributed by atoms with Gasteiger partial charge in [-0.3, -0.25) is 0 Å². The van der Waals surface area contributed by atoms with Crippen LogP contribution < -0.4 is 5.73 Å². The minimum absolute atomic E-state index is 0.0169. The molecule has 1 aromatic rings. The lowest BCUT2D eigenvalue weighted by atomic mass is 9.90. The molecule has 0 saturated heterocycles. The van der Waals surface area contributed by atoms with Gasteiger partial charge in [0.05, 0.1) is 6.54 Å². The van der Waals surface area contributed by atoms with Gasteiger partial charge in [-0.2, -0.15) is 4.98 Å². The molecule has 0 aliphatic heterocycles. The van der Waals surface area contributed by atoms with Crippen molar-refractivity contribution in [3.05, 3.63) is 11.7 Å². The van der Waals surface area contributed by atoms with Crippen LogP contribution in [0.25, 0.3) is 0 Å². The van der Waals surface area contributed by atoms with Gasteiger partial charge in [-0.15, -0.1) is 0 Å². The maximum atomic E-state index is 5.35. The molecule has 0 aliphatic carbocycles. The van der Waals surface area contributed by atoms with E-state index in [0.29, 0.717) is 12.4 Å². The third-order valence-corrected chi connectivity index (χ3v) is 2.13. The second kappa shape index (κ2) is 3.23. The van der Waals surface area contributed by atoms with Crippen LogP contribution >= 0.6 is 0 Å². The molecule has 0 atom stereocenters. The summed E-state index contributed by atoms with van der Waals surface area (Å²) in [6.07, 6.45) is 0.983. The Kier molecular flexibility index (Phi) is 2.47. The van der Waals surface area contributed by atoms with Crippen molar-refractivity contribution in [1.29, 1.82) is 0 Å². The number of hydrogen-bond acceptors (Lipinski definition) is 4. The third kappa shape index (κ3) is 1.64. The first-order valence-corrected chi connectivity index (χ1v) is 4.13. The molecule has 0 saturated carbocycles. The van der Waals surface area contributed by atoms with E-state index in [4.69, 9.17) is 10.3 Å². The Labute approximate surface area is 72.1 Å². The fourth-order valence-corrected chi connectivity index (χ4v) is 0.771. The molecule has 4 nitrogen and oxygen atoms in total. The highest BCUT2D eigenvalue weighted by molar-refractivity contribution is 5.01. The lowest BCUT2D eigenvalue weighted by Crippen LogP contribution is -2.17. The molecule has 1 heterocycles. The van der Waals surface area contributed by atoms with Gasteiger partial charge in [0.25, 0.3) is 0 Å². The van der Waals surface area contributed by atoms with E-state index in [1.54, 1.807) is 0 Å². The summed E-state index contributed by atoms with van der Waals surface area (Å²) in [7, 11) is 0. The van der Waals surface area contributed by atoms with Crippen LogP contribution in [-0.2, 0) is 12.0 Å². The Morgan fingerprint density at radius 1 is 1.50 bits per heavy atom. The summed E-state index contributed by atoms with van der Waals surface area (Å²) in [5.41, 5.74) is 5.33. The van der Waals surface area contributed by atoms with E-state index in [9.17, 15) is 0 Å². The quantitative estimate of drug-likeness (QED) is 0.738. The van der Waals surface area contributed by atoms with E-state index in [2.05, 4.69) is 30.9 Å². The average molecular weight is 169 g/mol. The van der Waals surface area contributed by atoms with Gasteiger partial charge in [0.2, 0.25) is 5.89 Å². The van der Waals surface area contributed by atoms with Crippen LogP contribution in [0, 0.1) is 0 Å². The van der Waals surface area contributed by atoms with Crippen LogP contribution in [-0.4, -0.2) is 10.1 Å². The maximum absolute atomic E-state index is 5.35. The second-order valence-corrected chi connectivity index (χ2v) is 3.45. The summed E-state index contributed by atoms with van der Waals surface area (Å²) in [4.78, 5) is 4.17. The molecular formula is C8H15N3O. The summed E-state index contributed by atoms with van der Waals surface area (Å²) in [5.74, 6) is 1.25. The first-order valence-electron chi connectivity index (χ1n) is 4.13. The van der Waals surface area contributed by atoms with Crippen molar-refractivity contribution >= 4 is 0 Å². The van der Waals surface area contributed by atoms with Crippen molar-refractivity contribution in [2.75, 3.05) is 0 Å². The zero-order valence-electron chi connectivity index (χ0n) is 7.79. The maximum Gasteiger partial charge on any atom is 0.240 e. The minimum Gasteiger partial charge on any atom is -0.338 e. The van der Waals surface area contributed by atoms with Crippen molar-refractivity contribution in [3.8, 4) is 0 Å². The summed E-state index contributed by atoms with van der Waals surface area (Å²) in [6, 6.07) is 0. The molecule has 0 bridgehead atoms.